The van der Waals surface area contributed by atoms with Gasteiger partial charge in [-0.2, -0.15) is 0 Å². The van der Waals surface area contributed by atoms with Crippen molar-refractivity contribution < 1.29 is 27.4 Å². The Morgan fingerprint density at radius 3 is 1.88 bits per heavy atom. The summed E-state index contributed by atoms with van der Waals surface area (Å²) >= 11 is 0. The third-order valence-electron chi connectivity index (χ3n) is 3.23. The van der Waals surface area contributed by atoms with Crippen LogP contribution in [-0.4, -0.2) is 12.3 Å². The van der Waals surface area contributed by atoms with E-state index in [-0.39, 0.29) is 11.2 Å². The molecule has 2 aromatic rings. The zero-order valence-electron chi connectivity index (χ0n) is 15.5. The molecule has 2 rings (SSSR count). The van der Waals surface area contributed by atoms with Crippen LogP contribution in [0, 0.1) is 0 Å². The van der Waals surface area contributed by atoms with Gasteiger partial charge in [-0.3, -0.25) is 0 Å². The second kappa shape index (κ2) is 8.74. The lowest BCUT2D eigenvalue weighted by molar-refractivity contribution is -0.275. The Morgan fingerprint density at radius 1 is 0.846 bits per heavy atom. The van der Waals surface area contributed by atoms with Crippen molar-refractivity contribution in [2.75, 3.05) is 0 Å². The molecule has 0 fully saturated rings. The second-order valence-electron chi connectivity index (χ2n) is 6.18. The Morgan fingerprint density at radius 2 is 1.35 bits per heavy atom. The van der Waals surface area contributed by atoms with Crippen molar-refractivity contribution in [3.63, 3.8) is 0 Å². The summed E-state index contributed by atoms with van der Waals surface area (Å²) in [4.78, 5) is 12.4. The zero-order valence-corrected chi connectivity index (χ0v) is 15.5. The van der Waals surface area contributed by atoms with Gasteiger partial charge in [0, 0.05) is 0 Å². The van der Waals surface area contributed by atoms with Crippen molar-refractivity contribution >= 4 is 5.97 Å². The van der Waals surface area contributed by atoms with E-state index in [0.29, 0.717) is 5.56 Å². The number of ether oxygens (including phenoxy) is 2. The lowest BCUT2D eigenvalue weighted by Crippen LogP contribution is -2.21. The van der Waals surface area contributed by atoms with E-state index >= 15 is 0 Å². The highest BCUT2D eigenvalue weighted by Crippen LogP contribution is 2.33. The Hall–Kier alpha value is -2.50. The third kappa shape index (κ3) is 6.10. The molecule has 3 nitrogen and oxygen atoms in total. The van der Waals surface area contributed by atoms with Crippen LogP contribution in [0.15, 0.2) is 48.5 Å². The number of rotatable bonds is 3. The molecule has 0 aliphatic carbocycles. The van der Waals surface area contributed by atoms with Crippen LogP contribution in [0.3, 0.4) is 0 Å². The van der Waals surface area contributed by atoms with Crippen molar-refractivity contribution in [1.29, 1.82) is 0 Å². The number of hydrogen-bond donors (Lipinski definition) is 0. The number of carbonyl (C=O) groups is 1. The smallest absolute Gasteiger partial charge is 0.419 e. The average molecular weight is 368 g/mol. The summed E-state index contributed by atoms with van der Waals surface area (Å²) in [6.07, 6.45) is -4.87. The first-order valence-electron chi connectivity index (χ1n) is 8.24. The van der Waals surface area contributed by atoms with Gasteiger partial charge in [0.2, 0.25) is 0 Å². The van der Waals surface area contributed by atoms with E-state index in [9.17, 15) is 18.0 Å². The SMILES string of the molecule is CC.CC(C)(C)c1ccccc1C(=O)Oc1ccccc1OC(F)(F)F. The summed E-state index contributed by atoms with van der Waals surface area (Å²) < 4.78 is 46.4. The summed E-state index contributed by atoms with van der Waals surface area (Å²) in [6.45, 7) is 9.79. The van der Waals surface area contributed by atoms with Gasteiger partial charge in [0.15, 0.2) is 11.5 Å². The largest absolute Gasteiger partial charge is 0.573 e. The maximum Gasteiger partial charge on any atom is 0.573 e. The first-order valence-corrected chi connectivity index (χ1v) is 8.24. The minimum Gasteiger partial charge on any atom is -0.419 e. The molecule has 0 aliphatic rings. The quantitative estimate of drug-likeness (QED) is 0.483. The molecule has 0 spiro atoms. The summed E-state index contributed by atoms with van der Waals surface area (Å²) in [5, 5.41) is 0. The fourth-order valence-corrected chi connectivity index (χ4v) is 2.21. The fraction of sp³-hybridized carbons (Fsp3) is 0.350. The van der Waals surface area contributed by atoms with E-state index in [0.717, 1.165) is 11.6 Å². The summed E-state index contributed by atoms with van der Waals surface area (Å²) in [5.41, 5.74) is 0.716. The van der Waals surface area contributed by atoms with Crippen LogP contribution in [0.4, 0.5) is 13.2 Å². The highest BCUT2D eigenvalue weighted by atomic mass is 19.4. The minimum absolute atomic E-state index is 0.288. The normalized spacial score (nSPS) is 11.2. The topological polar surface area (TPSA) is 35.5 Å². The van der Waals surface area contributed by atoms with Gasteiger partial charge >= 0.3 is 12.3 Å². The van der Waals surface area contributed by atoms with E-state index in [2.05, 4.69) is 4.74 Å². The monoisotopic (exact) mass is 368 g/mol. The van der Waals surface area contributed by atoms with Gasteiger partial charge in [0.1, 0.15) is 0 Å². The predicted octanol–water partition coefficient (Wildman–Crippen LogP) is 6.13. The van der Waals surface area contributed by atoms with E-state index in [1.54, 1.807) is 24.3 Å². The molecule has 0 N–H and O–H groups in total. The molecule has 0 saturated heterocycles. The molecule has 0 amide bonds. The van der Waals surface area contributed by atoms with Gasteiger partial charge in [-0.15, -0.1) is 13.2 Å². The minimum atomic E-state index is -4.87. The molecule has 26 heavy (non-hydrogen) atoms. The van der Waals surface area contributed by atoms with Gasteiger partial charge in [0.05, 0.1) is 5.56 Å². The summed E-state index contributed by atoms with van der Waals surface area (Å²) in [5.74, 6) is -1.59. The molecular formula is C20H23F3O3. The number of benzene rings is 2. The molecule has 0 bridgehead atoms. The Labute approximate surface area is 151 Å². The number of hydrogen-bond acceptors (Lipinski definition) is 3. The molecule has 6 heteroatoms. The molecule has 0 radical (unpaired) electrons. The van der Waals surface area contributed by atoms with Gasteiger partial charge in [-0.05, 0) is 29.2 Å². The third-order valence-corrected chi connectivity index (χ3v) is 3.23. The number of carbonyl (C=O) groups excluding carboxylic acids is 1. The summed E-state index contributed by atoms with van der Waals surface area (Å²) in [7, 11) is 0. The van der Waals surface area contributed by atoms with Crippen LogP contribution >= 0.6 is 0 Å². The molecule has 0 unspecified atom stereocenters. The average Bonchev–Trinajstić information content (AvgIpc) is 2.56. The highest BCUT2D eigenvalue weighted by molar-refractivity contribution is 5.93. The maximum atomic E-state index is 12.4. The Balaban J connectivity index is 0.00000163. The molecule has 0 atom stereocenters. The predicted molar refractivity (Wildman–Crippen MR) is 94.6 cm³/mol. The van der Waals surface area contributed by atoms with E-state index in [1.807, 2.05) is 34.6 Å². The van der Waals surface area contributed by atoms with Gasteiger partial charge in [0.25, 0.3) is 0 Å². The van der Waals surface area contributed by atoms with Crippen molar-refractivity contribution in [2.24, 2.45) is 0 Å². The number of esters is 1. The van der Waals surface area contributed by atoms with Crippen molar-refractivity contribution in [2.45, 2.75) is 46.4 Å². The highest BCUT2D eigenvalue weighted by Gasteiger charge is 2.33. The van der Waals surface area contributed by atoms with Crippen LogP contribution in [0.5, 0.6) is 11.5 Å². The standard InChI is InChI=1S/C18H17F3O3.C2H6/c1-17(2,3)13-9-5-4-8-12(13)16(22)23-14-10-6-7-11-15(14)24-18(19,20)21;1-2/h4-11H,1-3H3;1-2H3. The molecule has 0 aromatic heterocycles. The first-order chi connectivity index (χ1) is 12.1. The Bertz CT molecular complexity index is 732. The first kappa shape index (κ1) is 21.5. The molecular weight excluding hydrogens is 345 g/mol. The molecule has 2 aromatic carbocycles. The van der Waals surface area contributed by atoms with Crippen LogP contribution in [0.2, 0.25) is 0 Å². The lowest BCUT2D eigenvalue weighted by atomic mass is 9.84. The van der Waals surface area contributed by atoms with Gasteiger partial charge in [-0.1, -0.05) is 65.0 Å². The second-order valence-corrected chi connectivity index (χ2v) is 6.18. The van der Waals surface area contributed by atoms with Crippen molar-refractivity contribution in [3.8, 4) is 11.5 Å². The van der Waals surface area contributed by atoms with Crippen LogP contribution in [-0.2, 0) is 5.41 Å². The molecule has 0 saturated carbocycles. The molecule has 0 aliphatic heterocycles. The summed E-state index contributed by atoms with van der Waals surface area (Å²) in [6, 6.07) is 12.0. The van der Waals surface area contributed by atoms with E-state index in [4.69, 9.17) is 4.74 Å². The van der Waals surface area contributed by atoms with Crippen molar-refractivity contribution in [3.05, 3.63) is 59.7 Å². The van der Waals surface area contributed by atoms with Crippen LogP contribution in [0.1, 0.15) is 50.5 Å². The van der Waals surface area contributed by atoms with Gasteiger partial charge in [-0.25, -0.2) is 4.79 Å². The number of para-hydroxylation sites is 2. The molecule has 0 heterocycles. The molecule has 142 valence electrons. The Kier molecular flexibility index (Phi) is 7.24. The fourth-order valence-electron chi connectivity index (χ4n) is 2.21. The maximum absolute atomic E-state index is 12.4. The van der Waals surface area contributed by atoms with Crippen molar-refractivity contribution in [1.82, 2.24) is 0 Å². The number of alkyl halides is 3. The van der Waals surface area contributed by atoms with Gasteiger partial charge < -0.3 is 9.47 Å². The van der Waals surface area contributed by atoms with Crippen LogP contribution in [0.25, 0.3) is 0 Å². The van der Waals surface area contributed by atoms with E-state index < -0.39 is 18.1 Å². The van der Waals surface area contributed by atoms with Crippen LogP contribution < -0.4 is 9.47 Å². The number of halogens is 3. The lowest BCUT2D eigenvalue weighted by Gasteiger charge is -2.22. The zero-order chi connectivity index (χ0) is 20.0. The van der Waals surface area contributed by atoms with E-state index in [1.165, 1.54) is 18.2 Å².